The first kappa shape index (κ1) is 13.5. The molecule has 1 aromatic carbocycles. The van der Waals surface area contributed by atoms with Gasteiger partial charge in [0, 0.05) is 6.20 Å². The van der Waals surface area contributed by atoms with Gasteiger partial charge < -0.3 is 5.73 Å². The van der Waals surface area contributed by atoms with E-state index in [4.69, 9.17) is 5.73 Å². The molecule has 2 aromatic rings. The molecule has 0 aliphatic heterocycles. The number of pyridine rings is 1. The maximum absolute atomic E-state index is 12.1. The van der Waals surface area contributed by atoms with Gasteiger partial charge in [-0.05, 0) is 30.5 Å². The Kier molecular flexibility index (Phi) is 4.16. The molecular formula is C14H16N2O2S. The molecule has 1 aromatic heterocycles. The van der Waals surface area contributed by atoms with Gasteiger partial charge in [0.2, 0.25) is 0 Å². The van der Waals surface area contributed by atoms with Crippen molar-refractivity contribution >= 4 is 15.5 Å². The number of nitrogens with zero attached hydrogens (tertiary/aromatic N) is 1. The van der Waals surface area contributed by atoms with E-state index >= 15 is 0 Å². The molecule has 0 spiro atoms. The normalized spacial score (nSPS) is 11.4. The minimum atomic E-state index is -3.40. The fraction of sp³-hybridized carbons (Fsp3) is 0.214. The van der Waals surface area contributed by atoms with Crippen LogP contribution in [0.4, 0.5) is 5.69 Å². The van der Waals surface area contributed by atoms with Crippen molar-refractivity contribution in [3.05, 3.63) is 54.2 Å². The summed E-state index contributed by atoms with van der Waals surface area (Å²) in [5, 5.41) is -0.0111. The summed E-state index contributed by atoms with van der Waals surface area (Å²) in [7, 11) is -3.40. The summed E-state index contributed by atoms with van der Waals surface area (Å²) in [6.07, 6.45) is 2.73. The molecule has 2 N–H and O–H groups in total. The molecule has 0 aliphatic rings. The van der Waals surface area contributed by atoms with Gasteiger partial charge in [-0.25, -0.2) is 13.4 Å². The molecule has 0 amide bonds. The molecule has 0 aliphatic carbocycles. The highest BCUT2D eigenvalue weighted by molar-refractivity contribution is 7.91. The fourth-order valence-electron chi connectivity index (χ4n) is 1.87. The average Bonchev–Trinajstić information content (AvgIpc) is 2.40. The lowest BCUT2D eigenvalue weighted by Gasteiger charge is -2.06. The lowest BCUT2D eigenvalue weighted by atomic mass is 10.1. The van der Waals surface area contributed by atoms with Gasteiger partial charge in [-0.3, -0.25) is 0 Å². The molecule has 1 heterocycles. The molecule has 0 unspecified atom stereocenters. The monoisotopic (exact) mass is 276 g/mol. The van der Waals surface area contributed by atoms with Crippen molar-refractivity contribution < 1.29 is 8.42 Å². The Morgan fingerprint density at radius 1 is 1.05 bits per heavy atom. The van der Waals surface area contributed by atoms with E-state index in [1.165, 1.54) is 6.20 Å². The summed E-state index contributed by atoms with van der Waals surface area (Å²) in [6, 6.07) is 13.0. The third-order valence-corrected chi connectivity index (χ3v) is 4.57. The molecule has 100 valence electrons. The Bertz CT molecular complexity index is 640. The second kappa shape index (κ2) is 5.84. The molecular weight excluding hydrogens is 260 g/mol. The number of anilines is 1. The summed E-state index contributed by atoms with van der Waals surface area (Å²) in [6.45, 7) is 0. The molecule has 0 atom stereocenters. The molecule has 0 radical (unpaired) electrons. The Balaban J connectivity index is 2.01. The van der Waals surface area contributed by atoms with E-state index in [0.29, 0.717) is 6.42 Å². The third kappa shape index (κ3) is 3.54. The van der Waals surface area contributed by atoms with Crippen LogP contribution in [0.1, 0.15) is 12.0 Å². The van der Waals surface area contributed by atoms with Gasteiger partial charge in [0.1, 0.15) is 0 Å². The summed E-state index contributed by atoms with van der Waals surface area (Å²) >= 11 is 0. The van der Waals surface area contributed by atoms with Gasteiger partial charge in [0.05, 0.1) is 11.4 Å². The van der Waals surface area contributed by atoms with Gasteiger partial charge in [0.15, 0.2) is 14.9 Å². The van der Waals surface area contributed by atoms with Crippen LogP contribution in [-0.2, 0) is 16.3 Å². The van der Waals surface area contributed by atoms with Crippen LogP contribution in [0.25, 0.3) is 0 Å². The van der Waals surface area contributed by atoms with E-state index in [1.807, 2.05) is 30.3 Å². The number of hydrogen-bond acceptors (Lipinski definition) is 4. The number of benzene rings is 1. The van der Waals surface area contributed by atoms with E-state index in [2.05, 4.69) is 4.98 Å². The van der Waals surface area contributed by atoms with Crippen LogP contribution in [0.2, 0.25) is 0 Å². The number of nitrogen functional groups attached to an aromatic ring is 1. The Morgan fingerprint density at radius 2 is 1.79 bits per heavy atom. The smallest absolute Gasteiger partial charge is 0.197 e. The largest absolute Gasteiger partial charge is 0.396 e. The lowest BCUT2D eigenvalue weighted by molar-refractivity contribution is 0.590. The fourth-order valence-corrected chi connectivity index (χ4v) is 3.24. The zero-order valence-corrected chi connectivity index (χ0v) is 11.3. The van der Waals surface area contributed by atoms with Crippen LogP contribution < -0.4 is 5.73 Å². The predicted octanol–water partition coefficient (Wildman–Crippen LogP) is 2.07. The highest BCUT2D eigenvalue weighted by atomic mass is 32.2. The standard InChI is InChI=1S/C14H16N2O2S/c15-13-9-4-10-16-14(13)19(17,18)11-5-8-12-6-2-1-3-7-12/h1-4,6-7,9-10H,5,8,11,15H2. The van der Waals surface area contributed by atoms with Crippen LogP contribution in [0.3, 0.4) is 0 Å². The van der Waals surface area contributed by atoms with Crippen LogP contribution >= 0.6 is 0 Å². The first-order valence-corrected chi connectivity index (χ1v) is 7.72. The van der Waals surface area contributed by atoms with E-state index in [1.54, 1.807) is 12.1 Å². The van der Waals surface area contributed by atoms with Crippen molar-refractivity contribution in [2.24, 2.45) is 0 Å². The summed E-state index contributed by atoms with van der Waals surface area (Å²) in [4.78, 5) is 3.86. The van der Waals surface area contributed by atoms with Crippen molar-refractivity contribution in [2.75, 3.05) is 11.5 Å². The molecule has 0 saturated heterocycles. The van der Waals surface area contributed by atoms with E-state index in [0.717, 1.165) is 12.0 Å². The maximum atomic E-state index is 12.1. The SMILES string of the molecule is Nc1cccnc1S(=O)(=O)CCCc1ccccc1. The topological polar surface area (TPSA) is 73.0 Å². The molecule has 19 heavy (non-hydrogen) atoms. The van der Waals surface area contributed by atoms with Crippen LogP contribution in [0.5, 0.6) is 0 Å². The third-order valence-electron chi connectivity index (χ3n) is 2.82. The summed E-state index contributed by atoms with van der Waals surface area (Å²) in [5.74, 6) is 0.0586. The highest BCUT2D eigenvalue weighted by Gasteiger charge is 2.18. The van der Waals surface area contributed by atoms with Crippen molar-refractivity contribution in [1.82, 2.24) is 4.98 Å². The zero-order chi connectivity index (χ0) is 13.7. The first-order valence-electron chi connectivity index (χ1n) is 6.07. The van der Waals surface area contributed by atoms with Crippen molar-refractivity contribution in [1.29, 1.82) is 0 Å². The molecule has 0 saturated carbocycles. The van der Waals surface area contributed by atoms with Crippen molar-refractivity contribution in [3.8, 4) is 0 Å². The van der Waals surface area contributed by atoms with E-state index in [9.17, 15) is 8.42 Å². The first-order chi connectivity index (χ1) is 9.09. The van der Waals surface area contributed by atoms with E-state index < -0.39 is 9.84 Å². The van der Waals surface area contributed by atoms with Crippen LogP contribution in [0.15, 0.2) is 53.7 Å². The molecule has 4 nitrogen and oxygen atoms in total. The quantitative estimate of drug-likeness (QED) is 0.907. The maximum Gasteiger partial charge on any atom is 0.197 e. The Hall–Kier alpha value is -1.88. The van der Waals surface area contributed by atoms with Gasteiger partial charge >= 0.3 is 0 Å². The molecule has 2 rings (SSSR count). The zero-order valence-electron chi connectivity index (χ0n) is 10.5. The predicted molar refractivity (Wildman–Crippen MR) is 75.5 cm³/mol. The number of rotatable bonds is 5. The minimum absolute atomic E-state index is 0.0111. The number of nitrogens with two attached hydrogens (primary N) is 1. The highest BCUT2D eigenvalue weighted by Crippen LogP contribution is 2.17. The Morgan fingerprint density at radius 3 is 2.47 bits per heavy atom. The second-order valence-corrected chi connectivity index (χ2v) is 6.33. The van der Waals surface area contributed by atoms with Gasteiger partial charge in [-0.15, -0.1) is 0 Å². The summed E-state index contributed by atoms with van der Waals surface area (Å²) in [5.41, 5.74) is 6.99. The lowest BCUT2D eigenvalue weighted by Crippen LogP contribution is -2.12. The number of sulfone groups is 1. The molecule has 5 heteroatoms. The van der Waals surface area contributed by atoms with Crippen LogP contribution in [-0.4, -0.2) is 19.2 Å². The van der Waals surface area contributed by atoms with Crippen molar-refractivity contribution in [2.45, 2.75) is 17.9 Å². The minimum Gasteiger partial charge on any atom is -0.396 e. The number of hydrogen-bond donors (Lipinski definition) is 1. The van der Waals surface area contributed by atoms with E-state index in [-0.39, 0.29) is 16.5 Å². The van der Waals surface area contributed by atoms with Gasteiger partial charge in [-0.2, -0.15) is 0 Å². The van der Waals surface area contributed by atoms with Crippen molar-refractivity contribution in [3.63, 3.8) is 0 Å². The van der Waals surface area contributed by atoms with Gasteiger partial charge in [0.25, 0.3) is 0 Å². The number of aryl methyl sites for hydroxylation is 1. The van der Waals surface area contributed by atoms with Gasteiger partial charge in [-0.1, -0.05) is 30.3 Å². The molecule has 0 fully saturated rings. The average molecular weight is 276 g/mol. The Labute approximate surface area is 113 Å². The number of aromatic nitrogens is 1. The second-order valence-electron chi connectivity index (χ2n) is 4.31. The summed E-state index contributed by atoms with van der Waals surface area (Å²) < 4.78 is 24.2. The molecule has 0 bridgehead atoms. The van der Waals surface area contributed by atoms with Crippen LogP contribution in [0, 0.1) is 0 Å².